The lowest BCUT2D eigenvalue weighted by Crippen LogP contribution is -2.03. The molecule has 9 nitrogen and oxygen atoms in total. The average Bonchev–Trinajstić information content (AvgIpc) is 3.36. The number of aliphatic hydroxyl groups is 2. The Morgan fingerprint density at radius 3 is 2.84 bits per heavy atom. The van der Waals surface area contributed by atoms with Crippen LogP contribution in [0, 0.1) is 13.8 Å². The number of anilines is 2. The van der Waals surface area contributed by atoms with Crippen molar-refractivity contribution in [3.8, 4) is 11.6 Å². The summed E-state index contributed by atoms with van der Waals surface area (Å²) in [6.45, 7) is 3.46. The molecule has 0 aliphatic carbocycles. The number of hydrogen-bond donors (Lipinski definition) is 3. The molecule has 166 valence electrons. The second-order valence-electron chi connectivity index (χ2n) is 6.96. The summed E-state index contributed by atoms with van der Waals surface area (Å²) in [6.07, 6.45) is 2.49. The van der Waals surface area contributed by atoms with Crippen LogP contribution in [-0.2, 0) is 7.05 Å². The molecule has 0 saturated carbocycles. The molecule has 0 aliphatic rings. The summed E-state index contributed by atoms with van der Waals surface area (Å²) >= 11 is 2.84. The number of hydrogen-bond acceptors (Lipinski definition) is 10. The van der Waals surface area contributed by atoms with Crippen molar-refractivity contribution in [2.24, 2.45) is 7.05 Å². The Morgan fingerprint density at radius 1 is 1.28 bits per heavy atom. The van der Waals surface area contributed by atoms with E-state index < -0.39 is 12.7 Å². The molecule has 11 heteroatoms. The first-order valence-corrected chi connectivity index (χ1v) is 11.4. The van der Waals surface area contributed by atoms with E-state index in [0.29, 0.717) is 28.3 Å². The number of ether oxygens (including phenoxy) is 1. The van der Waals surface area contributed by atoms with E-state index >= 15 is 0 Å². The van der Waals surface area contributed by atoms with Crippen molar-refractivity contribution in [2.45, 2.75) is 29.7 Å². The van der Waals surface area contributed by atoms with Crippen LogP contribution in [0.3, 0.4) is 0 Å². The predicted molar refractivity (Wildman–Crippen MR) is 123 cm³/mol. The van der Waals surface area contributed by atoms with Gasteiger partial charge in [-0.05, 0) is 26.0 Å². The Hall–Kier alpha value is -2.99. The summed E-state index contributed by atoms with van der Waals surface area (Å²) < 4.78 is 7.81. The van der Waals surface area contributed by atoms with Crippen LogP contribution in [0.4, 0.5) is 10.9 Å². The topological polar surface area (TPSA) is 118 Å². The molecule has 4 heterocycles. The summed E-state index contributed by atoms with van der Waals surface area (Å²) in [4.78, 5) is 15.1. The van der Waals surface area contributed by atoms with Gasteiger partial charge < -0.3 is 20.3 Å². The van der Waals surface area contributed by atoms with E-state index in [1.165, 1.54) is 11.3 Å². The molecular weight excluding hydrogens is 448 g/mol. The van der Waals surface area contributed by atoms with Gasteiger partial charge in [0.2, 0.25) is 5.88 Å². The van der Waals surface area contributed by atoms with E-state index in [0.717, 1.165) is 21.2 Å². The normalized spacial score (nSPS) is 12.0. The fourth-order valence-electron chi connectivity index (χ4n) is 2.84. The summed E-state index contributed by atoms with van der Waals surface area (Å²) in [7, 11) is 1.81. The van der Waals surface area contributed by atoms with Gasteiger partial charge in [0.05, 0.1) is 23.7 Å². The van der Waals surface area contributed by atoms with Gasteiger partial charge in [-0.2, -0.15) is 5.10 Å². The minimum Gasteiger partial charge on any atom is -0.435 e. The SMILES string of the molecule is Cc1cc(Oc2cc(Sc3cccnc3C)cnc2Nc2nc(C(O)CO)cs2)n(C)n1. The van der Waals surface area contributed by atoms with Gasteiger partial charge in [-0.1, -0.05) is 11.8 Å². The van der Waals surface area contributed by atoms with Gasteiger partial charge in [0.25, 0.3) is 0 Å². The third-order valence-electron chi connectivity index (χ3n) is 4.45. The molecule has 4 aromatic heterocycles. The predicted octanol–water partition coefficient (Wildman–Crippen LogP) is 4.00. The van der Waals surface area contributed by atoms with Crippen molar-refractivity contribution in [3.05, 3.63) is 59.1 Å². The highest BCUT2D eigenvalue weighted by Crippen LogP contribution is 2.37. The monoisotopic (exact) mass is 470 g/mol. The number of nitrogens with one attached hydrogen (secondary N) is 1. The molecule has 0 bridgehead atoms. The molecule has 1 atom stereocenters. The van der Waals surface area contributed by atoms with E-state index in [1.54, 1.807) is 34.2 Å². The van der Waals surface area contributed by atoms with Crippen LogP contribution < -0.4 is 10.1 Å². The van der Waals surface area contributed by atoms with Crippen LogP contribution in [0.15, 0.2) is 51.8 Å². The van der Waals surface area contributed by atoms with Crippen LogP contribution >= 0.6 is 23.1 Å². The maximum Gasteiger partial charge on any atom is 0.217 e. The van der Waals surface area contributed by atoms with Gasteiger partial charge >= 0.3 is 0 Å². The lowest BCUT2D eigenvalue weighted by atomic mass is 10.3. The quantitative estimate of drug-likeness (QED) is 0.351. The standard InChI is InChI=1S/C21H22N6O3S2/c1-12-7-19(27(3)26-12)30-17-8-14(32-18-5-4-6-22-13(18)2)9-23-20(17)25-21-24-15(11-31-21)16(29)10-28/h4-9,11,16,28-29H,10H2,1-3H3,(H,23,24,25). The lowest BCUT2D eigenvalue weighted by Gasteiger charge is -2.13. The first-order valence-electron chi connectivity index (χ1n) is 9.72. The smallest absolute Gasteiger partial charge is 0.217 e. The van der Waals surface area contributed by atoms with E-state index in [4.69, 9.17) is 9.84 Å². The molecule has 4 rings (SSSR count). The molecule has 0 radical (unpaired) electrons. The van der Waals surface area contributed by atoms with Crippen LogP contribution in [0.1, 0.15) is 23.2 Å². The number of aromatic nitrogens is 5. The zero-order valence-electron chi connectivity index (χ0n) is 17.7. The molecular formula is C21H22N6O3S2. The number of rotatable bonds is 8. The van der Waals surface area contributed by atoms with Gasteiger partial charge in [0.15, 0.2) is 16.7 Å². The van der Waals surface area contributed by atoms with E-state index in [-0.39, 0.29) is 0 Å². The number of aliphatic hydroxyl groups excluding tert-OH is 2. The third kappa shape index (κ3) is 5.07. The van der Waals surface area contributed by atoms with Crippen molar-refractivity contribution in [2.75, 3.05) is 11.9 Å². The highest BCUT2D eigenvalue weighted by atomic mass is 32.2. The molecule has 1 unspecified atom stereocenters. The summed E-state index contributed by atoms with van der Waals surface area (Å²) in [6, 6.07) is 7.64. The Balaban J connectivity index is 1.65. The second kappa shape index (κ2) is 9.65. The Bertz CT molecular complexity index is 1230. The molecule has 0 saturated heterocycles. The highest BCUT2D eigenvalue weighted by molar-refractivity contribution is 7.99. The Kier molecular flexibility index (Phi) is 6.70. The molecule has 0 aromatic carbocycles. The number of pyridine rings is 2. The van der Waals surface area contributed by atoms with Crippen molar-refractivity contribution in [1.29, 1.82) is 0 Å². The fourth-order valence-corrected chi connectivity index (χ4v) is 4.47. The highest BCUT2D eigenvalue weighted by Gasteiger charge is 2.16. The summed E-state index contributed by atoms with van der Waals surface area (Å²) in [5, 5.41) is 28.6. The van der Waals surface area contributed by atoms with E-state index in [1.807, 2.05) is 45.2 Å². The zero-order valence-corrected chi connectivity index (χ0v) is 19.3. The maximum atomic E-state index is 9.80. The zero-order chi connectivity index (χ0) is 22.7. The van der Waals surface area contributed by atoms with Gasteiger partial charge in [0, 0.05) is 46.7 Å². The van der Waals surface area contributed by atoms with Crippen LogP contribution in [-0.4, -0.2) is 41.6 Å². The number of aryl methyl sites for hydroxylation is 3. The molecule has 0 amide bonds. The number of nitrogens with zero attached hydrogens (tertiary/aromatic N) is 5. The van der Waals surface area contributed by atoms with E-state index in [9.17, 15) is 5.11 Å². The van der Waals surface area contributed by atoms with Crippen LogP contribution in [0.2, 0.25) is 0 Å². The van der Waals surface area contributed by atoms with Crippen molar-refractivity contribution < 1.29 is 14.9 Å². The molecule has 0 aliphatic heterocycles. The average molecular weight is 471 g/mol. The van der Waals surface area contributed by atoms with Gasteiger partial charge in [-0.15, -0.1) is 11.3 Å². The summed E-state index contributed by atoms with van der Waals surface area (Å²) in [5.74, 6) is 1.54. The minimum absolute atomic E-state index is 0.393. The molecule has 3 N–H and O–H groups in total. The summed E-state index contributed by atoms with van der Waals surface area (Å²) in [5.41, 5.74) is 2.16. The molecule has 0 fully saturated rings. The largest absolute Gasteiger partial charge is 0.435 e. The maximum absolute atomic E-state index is 9.80. The first-order chi connectivity index (χ1) is 15.4. The van der Waals surface area contributed by atoms with Gasteiger partial charge in [-0.3, -0.25) is 4.98 Å². The molecule has 0 spiro atoms. The van der Waals surface area contributed by atoms with Crippen molar-refractivity contribution >= 4 is 34.0 Å². The van der Waals surface area contributed by atoms with E-state index in [2.05, 4.69) is 25.4 Å². The van der Waals surface area contributed by atoms with Crippen LogP contribution in [0.25, 0.3) is 0 Å². The third-order valence-corrected chi connectivity index (χ3v) is 6.34. The number of thiazole rings is 1. The van der Waals surface area contributed by atoms with Gasteiger partial charge in [-0.25, -0.2) is 14.6 Å². The van der Waals surface area contributed by atoms with Crippen molar-refractivity contribution in [3.63, 3.8) is 0 Å². The van der Waals surface area contributed by atoms with Crippen molar-refractivity contribution in [1.82, 2.24) is 24.7 Å². The molecule has 32 heavy (non-hydrogen) atoms. The fraction of sp³-hybridized carbons (Fsp3) is 0.238. The first kappa shape index (κ1) is 22.2. The Morgan fingerprint density at radius 2 is 2.12 bits per heavy atom. The lowest BCUT2D eigenvalue weighted by molar-refractivity contribution is 0.0928. The minimum atomic E-state index is -1.02. The van der Waals surface area contributed by atoms with Gasteiger partial charge in [0.1, 0.15) is 6.10 Å². The van der Waals surface area contributed by atoms with Crippen LogP contribution in [0.5, 0.6) is 11.6 Å². The second-order valence-corrected chi connectivity index (χ2v) is 8.93. The molecule has 4 aromatic rings. The Labute approximate surface area is 193 Å².